The highest BCUT2D eigenvalue weighted by molar-refractivity contribution is 5.99. The molecular weight excluding hydrogens is 256 g/mol. The summed E-state index contributed by atoms with van der Waals surface area (Å²) in [6, 6.07) is 4.51. The lowest BCUT2D eigenvalue weighted by Crippen LogP contribution is -2.38. The molecule has 108 valence electrons. The number of phenols is 2. The molecule has 1 saturated carbocycles. The van der Waals surface area contributed by atoms with Crippen molar-refractivity contribution < 1.29 is 15.0 Å². The molecule has 2 fully saturated rings. The van der Waals surface area contributed by atoms with Crippen molar-refractivity contribution in [2.24, 2.45) is 17.6 Å². The smallest absolute Gasteiger partial charge is 0.261 e. The second kappa shape index (κ2) is 4.98. The van der Waals surface area contributed by atoms with Crippen molar-refractivity contribution in [1.29, 1.82) is 0 Å². The Bertz CT molecular complexity index is 512. The molecule has 1 amide bonds. The van der Waals surface area contributed by atoms with Crippen LogP contribution in [0.5, 0.6) is 11.5 Å². The zero-order valence-corrected chi connectivity index (χ0v) is 11.3. The van der Waals surface area contributed by atoms with Crippen LogP contribution >= 0.6 is 0 Å². The molecule has 1 saturated heterocycles. The molecule has 1 aromatic carbocycles. The third kappa shape index (κ3) is 2.12. The largest absolute Gasteiger partial charge is 0.507 e. The summed E-state index contributed by atoms with van der Waals surface area (Å²) >= 11 is 0. The van der Waals surface area contributed by atoms with E-state index in [2.05, 4.69) is 0 Å². The van der Waals surface area contributed by atoms with Gasteiger partial charge in [-0.15, -0.1) is 0 Å². The molecule has 3 rings (SSSR count). The summed E-state index contributed by atoms with van der Waals surface area (Å²) in [5.41, 5.74) is 6.14. The van der Waals surface area contributed by atoms with Gasteiger partial charge < -0.3 is 20.8 Å². The number of fused-ring (bicyclic) bond motifs is 1. The van der Waals surface area contributed by atoms with Gasteiger partial charge >= 0.3 is 0 Å². The van der Waals surface area contributed by atoms with Gasteiger partial charge in [-0.1, -0.05) is 12.5 Å². The molecule has 1 aliphatic heterocycles. The molecule has 5 nitrogen and oxygen atoms in total. The van der Waals surface area contributed by atoms with Crippen molar-refractivity contribution in [3.63, 3.8) is 0 Å². The second-order valence-corrected chi connectivity index (χ2v) is 5.90. The summed E-state index contributed by atoms with van der Waals surface area (Å²) < 4.78 is 0. The average Bonchev–Trinajstić information content (AvgIpc) is 2.84. The Hall–Kier alpha value is -1.75. The Labute approximate surface area is 118 Å². The van der Waals surface area contributed by atoms with Crippen molar-refractivity contribution >= 4 is 5.91 Å². The third-order valence-corrected chi connectivity index (χ3v) is 4.68. The van der Waals surface area contributed by atoms with Gasteiger partial charge in [0.05, 0.1) is 0 Å². The molecule has 1 aromatic rings. The molecule has 1 aliphatic carbocycles. The number of likely N-dealkylation sites (tertiary alicyclic amines) is 1. The fourth-order valence-corrected chi connectivity index (χ4v) is 3.59. The molecule has 0 bridgehead atoms. The standard InChI is InChI=1S/C15H20N2O3/c16-11-4-1-3-9-7-17(8-10(9)11)15(20)14-12(18)5-2-6-13(14)19/h2,5-6,9-11,18-19H,1,3-4,7-8,16H2. The van der Waals surface area contributed by atoms with Gasteiger partial charge in [-0.3, -0.25) is 4.79 Å². The quantitative estimate of drug-likeness (QED) is 0.721. The van der Waals surface area contributed by atoms with Crippen molar-refractivity contribution in [1.82, 2.24) is 4.90 Å². The van der Waals surface area contributed by atoms with E-state index in [4.69, 9.17) is 5.73 Å². The Morgan fingerprint density at radius 3 is 2.55 bits per heavy atom. The van der Waals surface area contributed by atoms with Crippen LogP contribution in [-0.2, 0) is 0 Å². The first-order valence-corrected chi connectivity index (χ1v) is 7.13. The highest BCUT2D eigenvalue weighted by atomic mass is 16.3. The Morgan fingerprint density at radius 1 is 1.20 bits per heavy atom. The molecule has 0 aromatic heterocycles. The van der Waals surface area contributed by atoms with E-state index in [0.717, 1.165) is 19.3 Å². The number of phenolic OH excluding ortho intramolecular Hbond substituents is 2. The first-order chi connectivity index (χ1) is 9.58. The van der Waals surface area contributed by atoms with Crippen LogP contribution in [-0.4, -0.2) is 40.2 Å². The number of rotatable bonds is 1. The van der Waals surface area contributed by atoms with E-state index in [1.807, 2.05) is 0 Å². The topological polar surface area (TPSA) is 86.8 Å². The first-order valence-electron chi connectivity index (χ1n) is 7.13. The summed E-state index contributed by atoms with van der Waals surface area (Å²) in [7, 11) is 0. The Kier molecular flexibility index (Phi) is 3.30. The molecular formula is C15H20N2O3. The van der Waals surface area contributed by atoms with Crippen LogP contribution in [0.25, 0.3) is 0 Å². The van der Waals surface area contributed by atoms with Crippen LogP contribution in [0.15, 0.2) is 18.2 Å². The third-order valence-electron chi connectivity index (χ3n) is 4.68. The number of benzene rings is 1. The summed E-state index contributed by atoms with van der Waals surface area (Å²) in [6.07, 6.45) is 3.24. The van der Waals surface area contributed by atoms with Gasteiger partial charge in [0.15, 0.2) is 0 Å². The summed E-state index contributed by atoms with van der Waals surface area (Å²) in [6.45, 7) is 1.30. The zero-order valence-electron chi connectivity index (χ0n) is 11.3. The van der Waals surface area contributed by atoms with Gasteiger partial charge in [-0.25, -0.2) is 0 Å². The predicted molar refractivity (Wildman–Crippen MR) is 74.5 cm³/mol. The van der Waals surface area contributed by atoms with Gasteiger partial charge in [0.1, 0.15) is 17.1 Å². The fraction of sp³-hybridized carbons (Fsp3) is 0.533. The highest BCUT2D eigenvalue weighted by Gasteiger charge is 2.41. The van der Waals surface area contributed by atoms with Gasteiger partial charge in [0, 0.05) is 19.1 Å². The Balaban J connectivity index is 1.82. The fourth-order valence-electron chi connectivity index (χ4n) is 3.59. The summed E-state index contributed by atoms with van der Waals surface area (Å²) in [4.78, 5) is 14.2. The second-order valence-electron chi connectivity index (χ2n) is 5.90. The molecule has 0 spiro atoms. The van der Waals surface area contributed by atoms with Crippen molar-refractivity contribution in [2.75, 3.05) is 13.1 Å². The predicted octanol–water partition coefficient (Wildman–Crippen LogP) is 1.30. The van der Waals surface area contributed by atoms with E-state index in [-0.39, 0.29) is 29.0 Å². The molecule has 2 aliphatic rings. The normalized spacial score (nSPS) is 29.2. The number of hydrogen-bond acceptors (Lipinski definition) is 4. The van der Waals surface area contributed by atoms with Crippen LogP contribution in [0, 0.1) is 11.8 Å². The van der Waals surface area contributed by atoms with Crippen LogP contribution in [0.4, 0.5) is 0 Å². The maximum Gasteiger partial charge on any atom is 0.261 e. The van der Waals surface area contributed by atoms with Gasteiger partial charge in [-0.2, -0.15) is 0 Å². The molecule has 0 radical (unpaired) electrons. The molecule has 20 heavy (non-hydrogen) atoms. The van der Waals surface area contributed by atoms with E-state index in [1.54, 1.807) is 4.90 Å². The van der Waals surface area contributed by atoms with E-state index < -0.39 is 0 Å². The monoisotopic (exact) mass is 276 g/mol. The summed E-state index contributed by atoms with van der Waals surface area (Å²) in [5.74, 6) is 0.155. The lowest BCUT2D eigenvalue weighted by molar-refractivity contribution is 0.0777. The molecule has 3 atom stereocenters. The van der Waals surface area contributed by atoms with E-state index in [1.165, 1.54) is 18.2 Å². The lowest BCUT2D eigenvalue weighted by atomic mass is 9.78. The maximum atomic E-state index is 12.5. The average molecular weight is 276 g/mol. The van der Waals surface area contributed by atoms with Gasteiger partial charge in [0.2, 0.25) is 0 Å². The number of carbonyl (C=O) groups is 1. The minimum Gasteiger partial charge on any atom is -0.507 e. The summed E-state index contributed by atoms with van der Waals surface area (Å²) in [5, 5.41) is 19.6. The minimum atomic E-state index is -0.304. The number of nitrogens with two attached hydrogens (primary N) is 1. The number of hydrogen-bond donors (Lipinski definition) is 3. The Morgan fingerprint density at radius 2 is 1.90 bits per heavy atom. The first kappa shape index (κ1) is 13.2. The van der Waals surface area contributed by atoms with Crippen LogP contribution < -0.4 is 5.73 Å². The van der Waals surface area contributed by atoms with E-state index in [0.29, 0.717) is 24.9 Å². The lowest BCUT2D eigenvalue weighted by Gasteiger charge is -2.29. The van der Waals surface area contributed by atoms with Crippen LogP contribution in [0.3, 0.4) is 0 Å². The van der Waals surface area contributed by atoms with E-state index in [9.17, 15) is 15.0 Å². The van der Waals surface area contributed by atoms with Crippen LogP contribution in [0.2, 0.25) is 0 Å². The zero-order chi connectivity index (χ0) is 14.3. The SMILES string of the molecule is NC1CCCC2CN(C(=O)c3c(O)cccc3O)CC12. The highest BCUT2D eigenvalue weighted by Crippen LogP contribution is 2.37. The molecule has 4 N–H and O–H groups in total. The maximum absolute atomic E-state index is 12.5. The van der Waals surface area contributed by atoms with Crippen LogP contribution in [0.1, 0.15) is 29.6 Å². The molecule has 5 heteroatoms. The number of carbonyl (C=O) groups excluding carboxylic acids is 1. The van der Waals surface area contributed by atoms with Crippen molar-refractivity contribution in [2.45, 2.75) is 25.3 Å². The number of amides is 1. The van der Waals surface area contributed by atoms with Crippen molar-refractivity contribution in [3.05, 3.63) is 23.8 Å². The minimum absolute atomic E-state index is 0.000261. The van der Waals surface area contributed by atoms with Gasteiger partial charge in [0.25, 0.3) is 5.91 Å². The molecule has 3 unspecified atom stereocenters. The number of nitrogens with zero attached hydrogens (tertiary/aromatic N) is 1. The van der Waals surface area contributed by atoms with Gasteiger partial charge in [-0.05, 0) is 36.8 Å². The molecule has 1 heterocycles. The number of aromatic hydroxyl groups is 2. The van der Waals surface area contributed by atoms with E-state index >= 15 is 0 Å². The van der Waals surface area contributed by atoms with Crippen molar-refractivity contribution in [3.8, 4) is 11.5 Å².